The summed E-state index contributed by atoms with van der Waals surface area (Å²) in [5.41, 5.74) is 0.606. The van der Waals surface area contributed by atoms with E-state index in [0.29, 0.717) is 5.69 Å². The summed E-state index contributed by atoms with van der Waals surface area (Å²) >= 11 is 3.14. The largest absolute Gasteiger partial charge is 0.325 e. The Morgan fingerprint density at radius 2 is 2.22 bits per heavy atom. The van der Waals surface area contributed by atoms with Gasteiger partial charge in [-0.2, -0.15) is 0 Å². The first kappa shape index (κ1) is 13.4. The minimum absolute atomic E-state index is 0.0955. The number of rotatable bonds is 3. The van der Waals surface area contributed by atoms with Crippen LogP contribution in [0, 0.1) is 5.82 Å². The number of nitrogens with one attached hydrogen (secondary N) is 1. The van der Waals surface area contributed by atoms with Crippen LogP contribution in [0.1, 0.15) is 6.92 Å². The molecule has 0 saturated carbocycles. The second kappa shape index (κ2) is 6.24. The first-order valence-electron chi connectivity index (χ1n) is 5.55. The van der Waals surface area contributed by atoms with Crippen LogP contribution < -0.4 is 5.32 Å². The van der Waals surface area contributed by atoms with Crippen LogP contribution in [0.2, 0.25) is 0 Å². The van der Waals surface area contributed by atoms with Gasteiger partial charge in [0.2, 0.25) is 5.91 Å². The Morgan fingerprint density at radius 1 is 1.50 bits per heavy atom. The van der Waals surface area contributed by atoms with Gasteiger partial charge < -0.3 is 5.32 Å². The van der Waals surface area contributed by atoms with E-state index in [0.717, 1.165) is 16.7 Å². The van der Waals surface area contributed by atoms with Gasteiger partial charge in [0.15, 0.2) is 0 Å². The highest BCUT2D eigenvalue weighted by molar-refractivity contribution is 8.39. The van der Waals surface area contributed by atoms with Gasteiger partial charge in [-0.25, -0.2) is 4.39 Å². The van der Waals surface area contributed by atoms with Crippen molar-refractivity contribution in [3.05, 3.63) is 30.1 Å². The minimum atomic E-state index is -0.313. The van der Waals surface area contributed by atoms with Crippen LogP contribution in [0.5, 0.6) is 0 Å². The lowest BCUT2D eigenvalue weighted by molar-refractivity contribution is -0.115. The smallest absolute Gasteiger partial charge is 0.237 e. The zero-order chi connectivity index (χ0) is 13.0. The van der Waals surface area contributed by atoms with Crippen LogP contribution >= 0.6 is 23.5 Å². The third kappa shape index (κ3) is 3.74. The molecule has 2 rings (SSSR count). The molecule has 0 bridgehead atoms. The number of hydrogen-bond donors (Lipinski definition) is 1. The van der Waals surface area contributed by atoms with E-state index in [1.807, 2.05) is 6.92 Å². The lowest BCUT2D eigenvalue weighted by atomic mass is 10.3. The first-order chi connectivity index (χ1) is 8.65. The molecule has 0 aromatic heterocycles. The number of amides is 1. The topological polar surface area (TPSA) is 41.5 Å². The lowest BCUT2D eigenvalue weighted by Gasteiger charge is -2.11. The van der Waals surface area contributed by atoms with E-state index in [9.17, 15) is 9.18 Å². The van der Waals surface area contributed by atoms with E-state index in [2.05, 4.69) is 10.3 Å². The van der Waals surface area contributed by atoms with Crippen molar-refractivity contribution in [3.63, 3.8) is 0 Å². The van der Waals surface area contributed by atoms with Gasteiger partial charge in [0.05, 0.1) is 11.8 Å². The average Bonchev–Trinajstić information content (AvgIpc) is 2.85. The minimum Gasteiger partial charge on any atom is -0.325 e. The summed E-state index contributed by atoms with van der Waals surface area (Å²) < 4.78 is 13.7. The summed E-state index contributed by atoms with van der Waals surface area (Å²) in [4.78, 5) is 16.2. The molecule has 0 aliphatic carbocycles. The number of halogens is 1. The molecule has 1 aliphatic rings. The fourth-order valence-corrected chi connectivity index (χ4v) is 3.50. The van der Waals surface area contributed by atoms with Gasteiger partial charge in [-0.1, -0.05) is 23.5 Å². The van der Waals surface area contributed by atoms with E-state index in [4.69, 9.17) is 0 Å². The Hall–Kier alpha value is -1.01. The highest BCUT2D eigenvalue weighted by Gasteiger charge is 2.18. The molecule has 0 unspecified atom stereocenters. The summed E-state index contributed by atoms with van der Waals surface area (Å²) in [5, 5.41) is 2.54. The molecule has 96 valence electrons. The number of nitrogens with zero attached hydrogens (tertiary/aromatic N) is 1. The number of thioether (sulfide) groups is 2. The Morgan fingerprint density at radius 3 is 2.83 bits per heavy atom. The van der Waals surface area contributed by atoms with Gasteiger partial charge in [0.1, 0.15) is 10.2 Å². The van der Waals surface area contributed by atoms with Crippen molar-refractivity contribution in [1.82, 2.24) is 0 Å². The average molecular weight is 284 g/mol. The molecule has 0 fully saturated rings. The molecule has 1 atom stereocenters. The third-order valence-corrected chi connectivity index (χ3v) is 4.62. The molecule has 18 heavy (non-hydrogen) atoms. The number of aliphatic imine (C=N–C) groups is 1. The molecule has 1 aromatic carbocycles. The van der Waals surface area contributed by atoms with Crippen molar-refractivity contribution in [2.24, 2.45) is 4.99 Å². The van der Waals surface area contributed by atoms with Crippen LogP contribution in [0.25, 0.3) is 0 Å². The number of carbonyl (C=O) groups excluding carboxylic acids is 1. The van der Waals surface area contributed by atoms with Gasteiger partial charge in [-0.15, -0.1) is 0 Å². The molecule has 0 spiro atoms. The third-order valence-electron chi connectivity index (χ3n) is 2.32. The first-order valence-corrected chi connectivity index (χ1v) is 7.42. The molecule has 1 amide bonds. The highest BCUT2D eigenvalue weighted by atomic mass is 32.2. The lowest BCUT2D eigenvalue weighted by Crippen LogP contribution is -2.23. The molecule has 1 aliphatic heterocycles. The maximum Gasteiger partial charge on any atom is 0.237 e. The standard InChI is InChI=1S/C12H13FN2OS2/c1-8(18-12-14-6-7-17-12)11(16)15-10-4-2-9(13)3-5-10/h2-5,8H,6-7H2,1H3,(H,15,16)/t8-/m1/s1. The zero-order valence-electron chi connectivity index (χ0n) is 9.85. The van der Waals surface area contributed by atoms with Crippen LogP contribution in [-0.4, -0.2) is 27.8 Å². The van der Waals surface area contributed by atoms with Gasteiger partial charge in [0.25, 0.3) is 0 Å². The van der Waals surface area contributed by atoms with E-state index < -0.39 is 0 Å². The molecule has 1 N–H and O–H groups in total. The van der Waals surface area contributed by atoms with E-state index in [-0.39, 0.29) is 17.0 Å². The van der Waals surface area contributed by atoms with Crippen LogP contribution in [-0.2, 0) is 4.79 Å². The summed E-state index contributed by atoms with van der Waals surface area (Å²) in [6.07, 6.45) is 0. The van der Waals surface area contributed by atoms with Crippen LogP contribution in [0.15, 0.2) is 29.3 Å². The Bertz CT molecular complexity index is 462. The van der Waals surface area contributed by atoms with Gasteiger partial charge in [-0.05, 0) is 31.2 Å². The van der Waals surface area contributed by atoms with Crippen molar-refractivity contribution in [2.45, 2.75) is 12.2 Å². The second-order valence-electron chi connectivity index (χ2n) is 3.75. The van der Waals surface area contributed by atoms with E-state index >= 15 is 0 Å². The maximum atomic E-state index is 12.7. The summed E-state index contributed by atoms with van der Waals surface area (Å²) in [7, 11) is 0. The van der Waals surface area contributed by atoms with Gasteiger partial charge in [-0.3, -0.25) is 9.79 Å². The quantitative estimate of drug-likeness (QED) is 0.927. The Labute approximate surface area is 114 Å². The van der Waals surface area contributed by atoms with E-state index in [1.54, 1.807) is 23.9 Å². The molecular formula is C12H13FN2OS2. The molecule has 0 radical (unpaired) electrons. The van der Waals surface area contributed by atoms with Crippen molar-refractivity contribution in [3.8, 4) is 0 Å². The number of benzene rings is 1. The monoisotopic (exact) mass is 284 g/mol. The molecular weight excluding hydrogens is 271 g/mol. The molecule has 1 heterocycles. The molecule has 1 aromatic rings. The van der Waals surface area contributed by atoms with Crippen molar-refractivity contribution in [2.75, 3.05) is 17.6 Å². The Balaban J connectivity index is 1.88. The van der Waals surface area contributed by atoms with Crippen LogP contribution in [0.3, 0.4) is 0 Å². The SMILES string of the molecule is C[C@@H](SC1=NCCS1)C(=O)Nc1ccc(F)cc1. The predicted molar refractivity (Wildman–Crippen MR) is 76.8 cm³/mol. The second-order valence-corrected chi connectivity index (χ2v) is 6.42. The molecule has 3 nitrogen and oxygen atoms in total. The van der Waals surface area contributed by atoms with Crippen molar-refractivity contribution >= 4 is 39.5 Å². The van der Waals surface area contributed by atoms with Crippen molar-refractivity contribution < 1.29 is 9.18 Å². The summed E-state index contributed by atoms with van der Waals surface area (Å²) in [6, 6.07) is 5.74. The fraction of sp³-hybridized carbons (Fsp3) is 0.333. The van der Waals surface area contributed by atoms with Gasteiger partial charge >= 0.3 is 0 Å². The normalized spacial score (nSPS) is 16.2. The summed E-state index contributed by atoms with van der Waals surface area (Å²) in [6.45, 7) is 2.67. The van der Waals surface area contributed by atoms with Crippen LogP contribution in [0.4, 0.5) is 10.1 Å². The number of anilines is 1. The zero-order valence-corrected chi connectivity index (χ0v) is 11.5. The summed E-state index contributed by atoms with van der Waals surface area (Å²) in [5.74, 6) is 0.586. The Kier molecular flexibility index (Phi) is 4.66. The number of carbonyl (C=O) groups is 1. The maximum absolute atomic E-state index is 12.7. The highest BCUT2D eigenvalue weighted by Crippen LogP contribution is 2.26. The van der Waals surface area contributed by atoms with E-state index in [1.165, 1.54) is 23.9 Å². The molecule has 0 saturated heterocycles. The number of hydrogen-bond acceptors (Lipinski definition) is 4. The molecule has 6 heteroatoms. The fourth-order valence-electron chi connectivity index (χ4n) is 1.37. The van der Waals surface area contributed by atoms with Crippen molar-refractivity contribution in [1.29, 1.82) is 0 Å². The predicted octanol–water partition coefficient (Wildman–Crippen LogP) is 2.99. The van der Waals surface area contributed by atoms with Gasteiger partial charge in [0, 0.05) is 11.4 Å².